The molecule has 4 nitrogen and oxygen atoms in total. The molecule has 0 radical (unpaired) electrons. The van der Waals surface area contributed by atoms with Gasteiger partial charge in [0.25, 0.3) is 0 Å². The molecule has 2 heterocycles. The van der Waals surface area contributed by atoms with Crippen LogP contribution in [-0.2, 0) is 5.41 Å². The van der Waals surface area contributed by atoms with E-state index >= 15 is 0 Å². The molecule has 12 aromatic carbocycles. The summed E-state index contributed by atoms with van der Waals surface area (Å²) in [5.41, 5.74) is 21.8. The van der Waals surface area contributed by atoms with Crippen molar-refractivity contribution in [1.29, 1.82) is 0 Å². The average molecular weight is 959 g/mol. The van der Waals surface area contributed by atoms with Crippen LogP contribution in [0.4, 0.5) is 34.1 Å². The third-order valence-electron chi connectivity index (χ3n) is 16.4. The molecule has 0 fully saturated rings. The maximum absolute atomic E-state index is 6.83. The molecule has 0 bridgehead atoms. The van der Waals surface area contributed by atoms with Crippen LogP contribution < -0.4 is 9.80 Å². The Hall–Kier alpha value is -9.64. The van der Waals surface area contributed by atoms with Crippen molar-refractivity contribution < 1.29 is 8.83 Å². The smallest absolute Gasteiger partial charge is 0.159 e. The molecule has 1 spiro atoms. The lowest BCUT2D eigenvalue weighted by atomic mass is 9.70. The molecule has 0 amide bonds. The zero-order valence-corrected chi connectivity index (χ0v) is 41.3. The molecule has 0 N–H and O–H groups in total. The number of hydrogen-bond acceptors (Lipinski definition) is 4. The Balaban J connectivity index is 0.918. The van der Waals surface area contributed by atoms with Crippen molar-refractivity contribution in [3.63, 3.8) is 0 Å². The molecule has 2 aliphatic carbocycles. The Kier molecular flexibility index (Phi) is 8.77. The van der Waals surface area contributed by atoms with Crippen LogP contribution in [0.5, 0.6) is 0 Å². The van der Waals surface area contributed by atoms with Crippen LogP contribution in [0, 0.1) is 13.8 Å². The van der Waals surface area contributed by atoms with Crippen LogP contribution >= 0.6 is 0 Å². The van der Waals surface area contributed by atoms with Gasteiger partial charge >= 0.3 is 0 Å². The minimum absolute atomic E-state index is 0.570. The summed E-state index contributed by atoms with van der Waals surface area (Å²) < 4.78 is 13.7. The molecule has 0 saturated carbocycles. The van der Waals surface area contributed by atoms with Crippen LogP contribution in [0.2, 0.25) is 0 Å². The van der Waals surface area contributed by atoms with E-state index in [2.05, 4.69) is 266 Å². The van der Waals surface area contributed by atoms with E-state index in [1.54, 1.807) is 0 Å². The summed E-state index contributed by atoms with van der Waals surface area (Å²) in [6.07, 6.45) is 0. The van der Waals surface area contributed by atoms with Gasteiger partial charge in [-0.05, 0) is 176 Å². The van der Waals surface area contributed by atoms with Gasteiger partial charge in [-0.15, -0.1) is 0 Å². The topological polar surface area (TPSA) is 32.8 Å². The summed E-state index contributed by atoms with van der Waals surface area (Å²) in [5, 5.41) is 9.20. The van der Waals surface area contributed by atoms with Gasteiger partial charge in [0.2, 0.25) is 0 Å². The van der Waals surface area contributed by atoms with Gasteiger partial charge in [0.1, 0.15) is 11.2 Å². The number of rotatable bonds is 6. The van der Waals surface area contributed by atoms with E-state index in [0.29, 0.717) is 0 Å². The Bertz CT molecular complexity index is 4400. The fourth-order valence-electron chi connectivity index (χ4n) is 13.1. The summed E-state index contributed by atoms with van der Waals surface area (Å²) in [4.78, 5) is 4.71. The molecule has 352 valence electrons. The van der Waals surface area contributed by atoms with Crippen molar-refractivity contribution in [2.45, 2.75) is 19.3 Å². The molecule has 0 aliphatic heterocycles. The zero-order valence-electron chi connectivity index (χ0n) is 41.3. The lowest BCUT2D eigenvalue weighted by molar-refractivity contribution is 0.665. The molecule has 2 aliphatic rings. The summed E-state index contributed by atoms with van der Waals surface area (Å²) in [7, 11) is 0. The predicted octanol–water partition coefficient (Wildman–Crippen LogP) is 19.7. The third kappa shape index (κ3) is 5.88. The number of nitrogens with zero attached hydrogens (tertiary/aromatic N) is 2. The fraction of sp³-hybridized carbons (Fsp3) is 0.0423. The van der Waals surface area contributed by atoms with Crippen LogP contribution in [0.15, 0.2) is 251 Å². The van der Waals surface area contributed by atoms with Gasteiger partial charge in [-0.1, -0.05) is 158 Å². The molecule has 0 atom stereocenters. The van der Waals surface area contributed by atoms with E-state index in [0.717, 1.165) is 89.1 Å². The molecule has 0 unspecified atom stereocenters. The van der Waals surface area contributed by atoms with Crippen molar-refractivity contribution in [2.24, 2.45) is 0 Å². The van der Waals surface area contributed by atoms with E-state index < -0.39 is 5.41 Å². The molecule has 0 saturated heterocycles. The first-order valence-corrected chi connectivity index (χ1v) is 25.9. The van der Waals surface area contributed by atoms with Gasteiger partial charge in [0, 0.05) is 44.3 Å². The minimum atomic E-state index is -0.570. The second-order valence-electron chi connectivity index (χ2n) is 20.5. The fourth-order valence-corrected chi connectivity index (χ4v) is 13.1. The van der Waals surface area contributed by atoms with E-state index in [1.165, 1.54) is 66.1 Å². The Labute approximate surface area is 433 Å². The van der Waals surface area contributed by atoms with Gasteiger partial charge in [0.15, 0.2) is 11.2 Å². The normalized spacial score (nSPS) is 13.0. The molecule has 4 heteroatoms. The molecular formula is C71H46N2O2. The van der Waals surface area contributed by atoms with Crippen LogP contribution in [0.3, 0.4) is 0 Å². The standard InChI is InChI=1S/C71H46N2O2/c1-43-17-13-25-55-57-27-15-31-65(69(57)74-67(43)55)72(49-19-5-3-6-20-49)51-35-33-45-39-59-60-40-46-34-36-52(73(50-21-7-4-8-22-50)66-32-16-28-58-56-26-14-18-44(2)68(56)75-70(58)66)38-48(46)42-64(60)71(63(59)41-47(45)37-51)61-29-11-9-23-53(61)54-24-10-12-30-62(54)71/h3-42H,1-2H3. The van der Waals surface area contributed by atoms with Gasteiger partial charge in [-0.2, -0.15) is 0 Å². The van der Waals surface area contributed by atoms with Crippen LogP contribution in [0.1, 0.15) is 33.4 Å². The van der Waals surface area contributed by atoms with Crippen LogP contribution in [-0.4, -0.2) is 0 Å². The number of para-hydroxylation sites is 6. The minimum Gasteiger partial charge on any atom is -0.454 e. The van der Waals surface area contributed by atoms with Crippen molar-refractivity contribution in [3.8, 4) is 22.3 Å². The monoisotopic (exact) mass is 958 g/mol. The molecule has 14 aromatic rings. The number of fused-ring (bicyclic) bond motifs is 18. The summed E-state index contributed by atoms with van der Waals surface area (Å²) >= 11 is 0. The van der Waals surface area contributed by atoms with Crippen molar-refractivity contribution in [2.75, 3.05) is 9.80 Å². The lowest BCUT2D eigenvalue weighted by Crippen LogP contribution is -2.25. The van der Waals surface area contributed by atoms with Gasteiger partial charge in [0.05, 0.1) is 16.8 Å². The number of anilines is 6. The van der Waals surface area contributed by atoms with Crippen LogP contribution in [0.25, 0.3) is 87.7 Å². The number of furan rings is 2. The molecule has 2 aromatic heterocycles. The van der Waals surface area contributed by atoms with E-state index in [9.17, 15) is 0 Å². The molecule has 16 rings (SSSR count). The maximum Gasteiger partial charge on any atom is 0.159 e. The highest BCUT2D eigenvalue weighted by Crippen LogP contribution is 2.64. The van der Waals surface area contributed by atoms with Crippen molar-refractivity contribution >= 4 is 99.5 Å². The first-order valence-electron chi connectivity index (χ1n) is 25.9. The number of aryl methyl sites for hydroxylation is 2. The van der Waals surface area contributed by atoms with E-state index in [4.69, 9.17) is 8.83 Å². The van der Waals surface area contributed by atoms with E-state index in [-0.39, 0.29) is 0 Å². The largest absolute Gasteiger partial charge is 0.454 e. The second-order valence-corrected chi connectivity index (χ2v) is 20.5. The number of benzene rings is 12. The van der Waals surface area contributed by atoms with Gasteiger partial charge < -0.3 is 18.6 Å². The SMILES string of the molecule is Cc1cccc2c1oc1c(N(c3ccccc3)c3ccc4cc5c(cc4c3)C3(c4ccccc4-c4ccccc43)c3cc4cc(N(c6ccccc6)c6cccc7c6oc6c(C)cccc67)ccc4cc3-5)cccc12. The van der Waals surface area contributed by atoms with E-state index in [1.807, 2.05) is 0 Å². The number of hydrogen-bond donors (Lipinski definition) is 0. The summed E-state index contributed by atoms with van der Waals surface area (Å²) in [6.45, 7) is 4.25. The highest BCUT2D eigenvalue weighted by molar-refractivity contribution is 6.13. The quantitative estimate of drug-likeness (QED) is 0.166. The summed E-state index contributed by atoms with van der Waals surface area (Å²) in [6, 6.07) is 89.2. The molecule has 75 heavy (non-hydrogen) atoms. The summed E-state index contributed by atoms with van der Waals surface area (Å²) in [5.74, 6) is 0. The average Bonchev–Trinajstić information content (AvgIpc) is 4.29. The third-order valence-corrected chi connectivity index (χ3v) is 16.4. The Morgan fingerprint density at radius 1 is 0.280 bits per heavy atom. The first kappa shape index (κ1) is 41.9. The Morgan fingerprint density at radius 2 is 0.680 bits per heavy atom. The predicted molar refractivity (Wildman–Crippen MR) is 311 cm³/mol. The highest BCUT2D eigenvalue weighted by atomic mass is 16.3. The first-order chi connectivity index (χ1) is 37.0. The second kappa shape index (κ2) is 15.7. The lowest BCUT2D eigenvalue weighted by Gasteiger charge is -2.31. The van der Waals surface area contributed by atoms with Gasteiger partial charge in [-0.3, -0.25) is 0 Å². The molecular weight excluding hydrogens is 913 g/mol. The van der Waals surface area contributed by atoms with Crippen molar-refractivity contribution in [3.05, 3.63) is 276 Å². The van der Waals surface area contributed by atoms with Crippen molar-refractivity contribution in [1.82, 2.24) is 0 Å². The Morgan fingerprint density at radius 3 is 1.13 bits per heavy atom. The highest BCUT2D eigenvalue weighted by Gasteiger charge is 2.52. The maximum atomic E-state index is 6.83. The zero-order chi connectivity index (χ0) is 49.5. The van der Waals surface area contributed by atoms with Gasteiger partial charge in [-0.25, -0.2) is 0 Å².